The van der Waals surface area contributed by atoms with Crippen LogP contribution in [-0.2, 0) is 13.1 Å². The zero-order chi connectivity index (χ0) is 31.2. The fourth-order valence-electron chi connectivity index (χ4n) is 4.32. The summed E-state index contributed by atoms with van der Waals surface area (Å²) in [6.07, 6.45) is 1.70. The van der Waals surface area contributed by atoms with Crippen molar-refractivity contribution in [1.82, 2.24) is 30.0 Å². The molecular formula is C32H26ClF2N7O2. The van der Waals surface area contributed by atoms with Crippen molar-refractivity contribution in [3.05, 3.63) is 122 Å². The first-order valence-corrected chi connectivity index (χ1v) is 13.8. The maximum Gasteiger partial charge on any atom is 0.280 e. The molecule has 0 atom stereocenters. The third kappa shape index (κ3) is 7.60. The number of nitrogens with one attached hydrogen (secondary N) is 2. The van der Waals surface area contributed by atoms with E-state index in [0.717, 1.165) is 46.0 Å². The summed E-state index contributed by atoms with van der Waals surface area (Å²) in [5, 5.41) is 10.4. The second-order valence-electron chi connectivity index (χ2n) is 10.1. The Morgan fingerprint density at radius 1 is 1.00 bits per heavy atom. The fraction of sp³-hybridized carbons (Fsp3) is 0.156. The van der Waals surface area contributed by atoms with E-state index in [1.807, 2.05) is 44.4 Å². The lowest BCUT2D eigenvalue weighted by Crippen LogP contribution is -2.34. The van der Waals surface area contributed by atoms with Crippen LogP contribution < -0.4 is 16.2 Å². The summed E-state index contributed by atoms with van der Waals surface area (Å²) in [7, 11) is 4.05. The second kappa shape index (κ2) is 13.4. The molecule has 0 aliphatic heterocycles. The summed E-state index contributed by atoms with van der Waals surface area (Å²) in [5.41, 5.74) is 2.79. The maximum atomic E-state index is 13.6. The van der Waals surface area contributed by atoms with Crippen molar-refractivity contribution < 1.29 is 13.6 Å². The van der Waals surface area contributed by atoms with Crippen molar-refractivity contribution in [3.63, 3.8) is 0 Å². The summed E-state index contributed by atoms with van der Waals surface area (Å²) in [6.45, 7) is 0.603. The molecule has 2 heterocycles. The highest BCUT2D eigenvalue weighted by molar-refractivity contribution is 6.29. The van der Waals surface area contributed by atoms with Gasteiger partial charge in [0.15, 0.2) is 16.8 Å². The lowest BCUT2D eigenvalue weighted by atomic mass is 10.1. The molecule has 0 unspecified atom stereocenters. The van der Waals surface area contributed by atoms with Gasteiger partial charge in [-0.1, -0.05) is 41.6 Å². The molecule has 0 bridgehead atoms. The van der Waals surface area contributed by atoms with Crippen molar-refractivity contribution in [1.29, 1.82) is 0 Å². The van der Waals surface area contributed by atoms with Gasteiger partial charge < -0.3 is 15.5 Å². The zero-order valence-electron chi connectivity index (χ0n) is 23.7. The highest BCUT2D eigenvalue weighted by Crippen LogP contribution is 2.19. The van der Waals surface area contributed by atoms with E-state index in [1.54, 1.807) is 6.20 Å². The van der Waals surface area contributed by atoms with Crippen LogP contribution in [0.2, 0.25) is 5.15 Å². The normalized spacial score (nSPS) is 10.9. The topological polar surface area (TPSA) is 105 Å². The number of hydrogen-bond acceptors (Lipinski definition) is 7. The van der Waals surface area contributed by atoms with Crippen LogP contribution in [0.1, 0.15) is 27.0 Å². The van der Waals surface area contributed by atoms with Crippen LogP contribution in [0.25, 0.3) is 10.9 Å². The van der Waals surface area contributed by atoms with E-state index in [9.17, 15) is 18.4 Å². The molecule has 9 nitrogen and oxygen atoms in total. The number of amides is 1. The van der Waals surface area contributed by atoms with Crippen LogP contribution in [0.4, 0.5) is 20.4 Å². The van der Waals surface area contributed by atoms with Gasteiger partial charge in [0, 0.05) is 29.4 Å². The van der Waals surface area contributed by atoms with Crippen molar-refractivity contribution in [2.24, 2.45) is 0 Å². The van der Waals surface area contributed by atoms with Crippen molar-refractivity contribution >= 4 is 40.0 Å². The average Bonchev–Trinajstić information content (AvgIpc) is 2.99. The summed E-state index contributed by atoms with van der Waals surface area (Å²) in [6, 6.07) is 17.9. The molecule has 0 saturated carbocycles. The number of aromatic nitrogens is 4. The van der Waals surface area contributed by atoms with Gasteiger partial charge in [0.25, 0.3) is 11.5 Å². The number of hydrogen-bond donors (Lipinski definition) is 2. The molecule has 222 valence electrons. The Kier molecular flexibility index (Phi) is 9.23. The Labute approximate surface area is 256 Å². The Balaban J connectivity index is 1.21. The number of nitrogens with zero attached hydrogens (tertiary/aromatic N) is 5. The highest BCUT2D eigenvalue weighted by atomic mass is 35.5. The van der Waals surface area contributed by atoms with E-state index in [0.29, 0.717) is 11.5 Å². The predicted molar refractivity (Wildman–Crippen MR) is 165 cm³/mol. The number of anilines is 2. The molecule has 0 fully saturated rings. The van der Waals surface area contributed by atoms with E-state index in [4.69, 9.17) is 11.6 Å². The summed E-state index contributed by atoms with van der Waals surface area (Å²) >= 11 is 6.02. The maximum absolute atomic E-state index is 13.6. The molecule has 0 spiro atoms. The van der Waals surface area contributed by atoms with Crippen LogP contribution in [0, 0.1) is 23.5 Å². The van der Waals surface area contributed by atoms with Gasteiger partial charge in [-0.05, 0) is 73.8 Å². The first kappa shape index (κ1) is 30.3. The standard InChI is InChI=1S/C32H26ClF2N7O2/c1-41(2)18-21-5-9-24(10-6-21)38-32-37-17-23-14-20(8-12-28(23)39-32)4-3-13-36-30(43)25-16-29(33)40-42(31(25)44)19-22-7-11-26(34)27(35)15-22/h5-12,14-17H,13,18-19H2,1-2H3,(H,36,43)(H,37,38,39). The number of carbonyl (C=O) groups excluding carboxylic acids is 1. The molecule has 2 aromatic heterocycles. The second-order valence-corrected chi connectivity index (χ2v) is 10.5. The first-order valence-electron chi connectivity index (χ1n) is 13.4. The molecule has 0 aliphatic rings. The molecule has 5 aromatic rings. The van der Waals surface area contributed by atoms with E-state index >= 15 is 0 Å². The minimum atomic E-state index is -1.06. The van der Waals surface area contributed by atoms with E-state index in [-0.39, 0.29) is 29.4 Å². The molecule has 5 rings (SSSR count). The van der Waals surface area contributed by atoms with Crippen molar-refractivity contribution in [2.75, 3.05) is 26.0 Å². The van der Waals surface area contributed by atoms with Crippen LogP contribution in [0.3, 0.4) is 0 Å². The van der Waals surface area contributed by atoms with Gasteiger partial charge in [0.05, 0.1) is 18.6 Å². The zero-order valence-corrected chi connectivity index (χ0v) is 24.5. The molecule has 1 amide bonds. The molecule has 0 radical (unpaired) electrons. The van der Waals surface area contributed by atoms with Crippen LogP contribution >= 0.6 is 11.6 Å². The van der Waals surface area contributed by atoms with Crippen LogP contribution in [0.15, 0.2) is 77.7 Å². The fourth-order valence-corrected chi connectivity index (χ4v) is 4.52. The molecular weight excluding hydrogens is 588 g/mol. The lowest BCUT2D eigenvalue weighted by Gasteiger charge is -2.10. The number of halogens is 3. The monoisotopic (exact) mass is 613 g/mol. The highest BCUT2D eigenvalue weighted by Gasteiger charge is 2.15. The summed E-state index contributed by atoms with van der Waals surface area (Å²) < 4.78 is 27.7. The number of carbonyl (C=O) groups is 1. The predicted octanol–water partition coefficient (Wildman–Crippen LogP) is 4.75. The molecule has 3 aromatic carbocycles. The summed E-state index contributed by atoms with van der Waals surface area (Å²) in [5.74, 6) is 3.52. The van der Waals surface area contributed by atoms with E-state index in [2.05, 4.69) is 54.6 Å². The third-order valence-corrected chi connectivity index (χ3v) is 6.55. The average molecular weight is 614 g/mol. The van der Waals surface area contributed by atoms with Crippen molar-refractivity contribution in [2.45, 2.75) is 13.1 Å². The summed E-state index contributed by atoms with van der Waals surface area (Å²) in [4.78, 5) is 36.6. The molecule has 12 heteroatoms. The Bertz CT molecular complexity index is 1970. The van der Waals surface area contributed by atoms with Gasteiger partial charge in [-0.25, -0.2) is 23.4 Å². The number of rotatable bonds is 8. The molecule has 44 heavy (non-hydrogen) atoms. The minimum absolute atomic E-state index is 0.0495. The van der Waals surface area contributed by atoms with E-state index in [1.165, 1.54) is 11.6 Å². The Morgan fingerprint density at radius 3 is 2.52 bits per heavy atom. The molecule has 2 N–H and O–H groups in total. The first-order chi connectivity index (χ1) is 21.1. The number of fused-ring (bicyclic) bond motifs is 1. The van der Waals surface area contributed by atoms with Gasteiger partial charge >= 0.3 is 0 Å². The molecule has 0 aliphatic carbocycles. The Morgan fingerprint density at radius 2 is 1.77 bits per heavy atom. The quantitative estimate of drug-likeness (QED) is 0.243. The molecule has 0 saturated heterocycles. The third-order valence-electron chi connectivity index (χ3n) is 6.36. The number of benzene rings is 3. The minimum Gasteiger partial charge on any atom is -0.341 e. The van der Waals surface area contributed by atoms with Crippen LogP contribution in [-0.4, -0.2) is 51.2 Å². The largest absolute Gasteiger partial charge is 0.341 e. The van der Waals surface area contributed by atoms with Gasteiger partial charge in [0.1, 0.15) is 5.56 Å². The van der Waals surface area contributed by atoms with Gasteiger partial charge in [-0.15, -0.1) is 0 Å². The lowest BCUT2D eigenvalue weighted by molar-refractivity contribution is 0.0956. The van der Waals surface area contributed by atoms with Gasteiger partial charge in [-0.2, -0.15) is 5.10 Å². The van der Waals surface area contributed by atoms with E-state index < -0.39 is 23.1 Å². The van der Waals surface area contributed by atoms with Crippen molar-refractivity contribution in [3.8, 4) is 11.8 Å². The van der Waals surface area contributed by atoms with Gasteiger partial charge in [0.2, 0.25) is 5.95 Å². The van der Waals surface area contributed by atoms with Gasteiger partial charge in [-0.3, -0.25) is 9.59 Å². The Hall–Kier alpha value is -5.18. The van der Waals surface area contributed by atoms with Crippen LogP contribution in [0.5, 0.6) is 0 Å². The smallest absolute Gasteiger partial charge is 0.280 e. The SMILES string of the molecule is CN(C)Cc1ccc(Nc2ncc3cc(C#CCNC(=O)c4cc(Cl)nn(Cc5ccc(F)c(F)c5)c4=O)ccc3n2)cc1.